The molecule has 0 spiro atoms. The number of nitrogens with two attached hydrogens (primary N) is 1. The molecular weight excluding hydrogens is 366 g/mol. The molecule has 7 nitrogen and oxygen atoms in total. The van der Waals surface area contributed by atoms with Gasteiger partial charge in [0.1, 0.15) is 0 Å². The van der Waals surface area contributed by atoms with Crippen LogP contribution < -0.4 is 5.14 Å². The second kappa shape index (κ2) is 8.18. The molecule has 2 fully saturated rings. The molecule has 2 aliphatic rings. The molecule has 148 valence electrons. The highest BCUT2D eigenvalue weighted by Gasteiger charge is 2.62. The fourth-order valence-corrected chi connectivity index (χ4v) is 4.32. The molecule has 8 heteroatoms. The summed E-state index contributed by atoms with van der Waals surface area (Å²) in [5, 5.41) is 18.4. The third-order valence-corrected chi connectivity index (χ3v) is 5.77. The topological polar surface area (TPSA) is 125 Å². The van der Waals surface area contributed by atoms with Crippen molar-refractivity contribution in [1.29, 1.82) is 0 Å². The molecule has 0 bridgehead atoms. The zero-order valence-electron chi connectivity index (χ0n) is 15.6. The number of benzene rings is 1. The maximum absolute atomic E-state index is 10.2. The Kier molecular flexibility index (Phi) is 6.10. The number of rotatable bonds is 3. The number of nitrogens with zero attached hydrogens (tertiary/aromatic N) is 2. The Labute approximate surface area is 161 Å². The average Bonchev–Trinajstić information content (AvgIpc) is 2.96. The Bertz CT molecular complexity index is 776. The molecule has 0 saturated heterocycles. The van der Waals surface area contributed by atoms with Crippen LogP contribution in [0.25, 0.3) is 0 Å². The highest BCUT2D eigenvalue weighted by atomic mass is 32.2. The summed E-state index contributed by atoms with van der Waals surface area (Å²) in [6, 6.07) is 10.6. The van der Waals surface area contributed by atoms with Gasteiger partial charge in [0.15, 0.2) is 5.82 Å². The first kappa shape index (κ1) is 20.1. The fraction of sp³-hybridized carbons (Fsp3) is 0.579. The summed E-state index contributed by atoms with van der Waals surface area (Å²) in [5.74, 6) is 2.16. The first-order valence-electron chi connectivity index (χ1n) is 9.22. The maximum Gasteiger partial charge on any atom is 0.230 e. The third kappa shape index (κ3) is 4.45. The number of aromatic nitrogens is 2. The average molecular weight is 393 g/mol. The van der Waals surface area contributed by atoms with E-state index in [0.29, 0.717) is 11.7 Å². The van der Waals surface area contributed by atoms with Crippen molar-refractivity contribution in [2.75, 3.05) is 0 Å². The number of aliphatic hydroxyl groups is 1. The lowest BCUT2D eigenvalue weighted by molar-refractivity contribution is 0.101. The van der Waals surface area contributed by atoms with Gasteiger partial charge in [-0.2, -0.15) is 4.98 Å². The second-order valence-electron chi connectivity index (χ2n) is 7.90. The monoisotopic (exact) mass is 392 g/mol. The molecule has 0 aliphatic heterocycles. The largest absolute Gasteiger partial charge is 0.760 e. The lowest BCUT2D eigenvalue weighted by atomic mass is 9.86. The van der Waals surface area contributed by atoms with Crippen molar-refractivity contribution < 1.29 is 18.4 Å². The molecule has 1 heterocycles. The Morgan fingerprint density at radius 3 is 2.48 bits per heavy atom. The van der Waals surface area contributed by atoms with Gasteiger partial charge in [-0.1, -0.05) is 62.2 Å². The van der Waals surface area contributed by atoms with Crippen LogP contribution in [-0.2, 0) is 11.3 Å². The summed E-state index contributed by atoms with van der Waals surface area (Å²) in [4.78, 5) is 4.68. The third-order valence-electron chi connectivity index (χ3n) is 5.77. The van der Waals surface area contributed by atoms with Crippen LogP contribution in [0.1, 0.15) is 74.6 Å². The van der Waals surface area contributed by atoms with E-state index >= 15 is 0 Å². The lowest BCUT2D eigenvalue weighted by Gasteiger charge is -2.24. The van der Waals surface area contributed by atoms with Gasteiger partial charge in [0.05, 0.1) is 12.0 Å². The van der Waals surface area contributed by atoms with E-state index in [1.54, 1.807) is 0 Å². The van der Waals surface area contributed by atoms with E-state index in [0.717, 1.165) is 31.6 Å². The van der Waals surface area contributed by atoms with Gasteiger partial charge in [-0.05, 0) is 23.8 Å². The first-order chi connectivity index (χ1) is 12.8. The molecule has 4 rings (SSSR count). The first-order valence-corrected chi connectivity index (χ1v) is 10.4. The van der Waals surface area contributed by atoms with E-state index in [9.17, 15) is 5.11 Å². The summed E-state index contributed by atoms with van der Waals surface area (Å²) in [6.45, 7) is 4.52. The quantitative estimate of drug-likeness (QED) is 0.774. The second-order valence-corrected chi connectivity index (χ2v) is 8.42. The molecule has 2 aliphatic carbocycles. The Balaban J connectivity index is 0.000000481. The van der Waals surface area contributed by atoms with Gasteiger partial charge in [-0.3, -0.25) is 9.35 Å². The van der Waals surface area contributed by atoms with Crippen LogP contribution in [0, 0.1) is 5.41 Å². The van der Waals surface area contributed by atoms with E-state index in [1.807, 2.05) is 6.07 Å². The SMILES string of the molecule is CC1(C)[C@@H](c2ccccc2)[C@@H]1c1nc(C2CCCCC2O)no1.NS(=O)[O-]. The van der Waals surface area contributed by atoms with Crippen molar-refractivity contribution in [1.82, 2.24) is 10.1 Å². The molecule has 3 unspecified atom stereocenters. The predicted molar refractivity (Wildman–Crippen MR) is 100 cm³/mol. The van der Waals surface area contributed by atoms with E-state index in [2.05, 4.69) is 53.4 Å². The highest BCUT2D eigenvalue weighted by Crippen LogP contribution is 2.69. The Morgan fingerprint density at radius 1 is 1.22 bits per heavy atom. The van der Waals surface area contributed by atoms with Gasteiger partial charge in [-0.15, -0.1) is 0 Å². The minimum atomic E-state index is -2.36. The molecule has 1 aromatic heterocycles. The van der Waals surface area contributed by atoms with Crippen LogP contribution in [0.3, 0.4) is 0 Å². The molecule has 2 saturated carbocycles. The van der Waals surface area contributed by atoms with E-state index < -0.39 is 11.3 Å². The Hall–Kier alpha value is -1.61. The van der Waals surface area contributed by atoms with E-state index in [1.165, 1.54) is 5.56 Å². The fourth-order valence-electron chi connectivity index (χ4n) is 4.32. The zero-order valence-corrected chi connectivity index (χ0v) is 16.4. The van der Waals surface area contributed by atoms with Crippen LogP contribution >= 0.6 is 0 Å². The van der Waals surface area contributed by atoms with Gasteiger partial charge >= 0.3 is 0 Å². The van der Waals surface area contributed by atoms with Crippen molar-refractivity contribution >= 4 is 11.3 Å². The normalized spacial score (nSPS) is 30.1. The van der Waals surface area contributed by atoms with Gasteiger partial charge < -0.3 is 14.2 Å². The molecule has 2 aromatic rings. The summed E-state index contributed by atoms with van der Waals surface area (Å²) < 4.78 is 23.2. The Morgan fingerprint density at radius 2 is 1.85 bits per heavy atom. The van der Waals surface area contributed by atoms with Gasteiger partial charge in [0, 0.05) is 23.1 Å². The lowest BCUT2D eigenvalue weighted by Crippen LogP contribution is -2.23. The van der Waals surface area contributed by atoms with Crippen LogP contribution in [0.15, 0.2) is 34.9 Å². The summed E-state index contributed by atoms with van der Waals surface area (Å²) in [7, 11) is 0. The smallest absolute Gasteiger partial charge is 0.230 e. The zero-order chi connectivity index (χ0) is 19.6. The van der Waals surface area contributed by atoms with Gasteiger partial charge in [0.2, 0.25) is 5.89 Å². The molecule has 27 heavy (non-hydrogen) atoms. The molecule has 0 radical (unpaired) electrons. The summed E-state index contributed by atoms with van der Waals surface area (Å²) in [5.41, 5.74) is 1.47. The predicted octanol–water partition coefficient (Wildman–Crippen LogP) is 2.73. The number of hydrogen-bond donors (Lipinski definition) is 2. The van der Waals surface area contributed by atoms with Crippen molar-refractivity contribution in [2.24, 2.45) is 10.6 Å². The van der Waals surface area contributed by atoms with Crippen molar-refractivity contribution in [3.8, 4) is 0 Å². The summed E-state index contributed by atoms with van der Waals surface area (Å²) >= 11 is -2.36. The van der Waals surface area contributed by atoms with Gasteiger partial charge in [0.25, 0.3) is 0 Å². The van der Waals surface area contributed by atoms with Crippen LogP contribution in [-0.4, -0.2) is 30.1 Å². The summed E-state index contributed by atoms with van der Waals surface area (Å²) in [6.07, 6.45) is 3.69. The minimum absolute atomic E-state index is 0.0401. The van der Waals surface area contributed by atoms with Crippen LogP contribution in [0.4, 0.5) is 0 Å². The van der Waals surface area contributed by atoms with Crippen LogP contribution in [0.5, 0.6) is 0 Å². The van der Waals surface area contributed by atoms with E-state index in [-0.39, 0.29) is 23.4 Å². The number of hydrogen-bond acceptors (Lipinski definition) is 6. The molecule has 5 atom stereocenters. The molecule has 3 N–H and O–H groups in total. The van der Waals surface area contributed by atoms with Crippen molar-refractivity contribution in [3.63, 3.8) is 0 Å². The molecule has 1 aromatic carbocycles. The van der Waals surface area contributed by atoms with Gasteiger partial charge in [-0.25, -0.2) is 0 Å². The van der Waals surface area contributed by atoms with Crippen molar-refractivity contribution in [3.05, 3.63) is 47.6 Å². The van der Waals surface area contributed by atoms with Crippen molar-refractivity contribution in [2.45, 2.75) is 63.4 Å². The maximum atomic E-state index is 10.2. The standard InChI is InChI=1S/C19H24N2O2.H3NO2S/c1-19(2)15(12-8-4-3-5-9-12)16(19)18-20-17(21-23-18)13-10-6-7-11-14(13)22;1-4(2)3/h3-5,8-9,13-16,22H,6-7,10-11H2,1-2H3;1H2,(H,2,3)/p-1/t13?,14?,15-,16+;/m0./s1. The van der Waals surface area contributed by atoms with E-state index in [4.69, 9.17) is 13.3 Å². The van der Waals surface area contributed by atoms with Crippen LogP contribution in [0.2, 0.25) is 0 Å². The highest BCUT2D eigenvalue weighted by molar-refractivity contribution is 7.76. The molecular formula is C19H26N3O4S-. The molecule has 0 amide bonds. The minimum Gasteiger partial charge on any atom is -0.760 e. The number of aliphatic hydroxyl groups excluding tert-OH is 1.